The Labute approximate surface area is 124 Å². The molecule has 4 atom stereocenters. The van der Waals surface area contributed by atoms with Gasteiger partial charge in [-0.1, -0.05) is 13.3 Å². The lowest BCUT2D eigenvalue weighted by Crippen LogP contribution is -2.46. The van der Waals surface area contributed by atoms with Crippen molar-refractivity contribution in [3.63, 3.8) is 0 Å². The van der Waals surface area contributed by atoms with E-state index < -0.39 is 0 Å². The van der Waals surface area contributed by atoms with Crippen molar-refractivity contribution in [3.05, 3.63) is 0 Å². The first-order chi connectivity index (χ1) is 9.86. The number of nitrogens with one attached hydrogen (secondary N) is 1. The third kappa shape index (κ3) is 3.55. The molecule has 3 heteroatoms. The average molecular weight is 280 g/mol. The van der Waals surface area contributed by atoms with E-state index in [9.17, 15) is 0 Å². The topological polar surface area (TPSA) is 24.5 Å². The summed E-state index contributed by atoms with van der Waals surface area (Å²) in [6.45, 7) is 6.92. The molecule has 1 N–H and O–H groups in total. The summed E-state index contributed by atoms with van der Waals surface area (Å²) >= 11 is 0. The van der Waals surface area contributed by atoms with Crippen molar-refractivity contribution in [2.24, 2.45) is 5.92 Å². The van der Waals surface area contributed by atoms with Crippen LogP contribution in [0.5, 0.6) is 0 Å². The zero-order valence-corrected chi connectivity index (χ0v) is 13.2. The van der Waals surface area contributed by atoms with E-state index in [2.05, 4.69) is 17.1 Å². The predicted octanol–water partition coefficient (Wildman–Crippen LogP) is 2.80. The normalized spacial score (nSPS) is 38.2. The van der Waals surface area contributed by atoms with Crippen LogP contribution in [0.1, 0.15) is 58.3 Å². The zero-order valence-electron chi connectivity index (χ0n) is 13.2. The molecule has 2 heterocycles. The van der Waals surface area contributed by atoms with Crippen LogP contribution in [0.15, 0.2) is 0 Å². The first-order valence-corrected chi connectivity index (χ1v) is 8.97. The molecule has 0 aromatic carbocycles. The van der Waals surface area contributed by atoms with Crippen LogP contribution in [-0.4, -0.2) is 49.3 Å². The largest absolute Gasteiger partial charge is 0.372 e. The van der Waals surface area contributed by atoms with E-state index >= 15 is 0 Å². The van der Waals surface area contributed by atoms with E-state index in [-0.39, 0.29) is 0 Å². The minimum Gasteiger partial charge on any atom is -0.372 e. The number of fused-ring (bicyclic) bond motifs is 1. The third-order valence-corrected chi connectivity index (χ3v) is 5.54. The lowest BCUT2D eigenvalue weighted by atomic mass is 9.91. The highest BCUT2D eigenvalue weighted by atomic mass is 16.5. The van der Waals surface area contributed by atoms with Crippen molar-refractivity contribution in [1.29, 1.82) is 0 Å². The highest BCUT2D eigenvalue weighted by molar-refractivity contribution is 4.91. The molecule has 20 heavy (non-hydrogen) atoms. The van der Waals surface area contributed by atoms with E-state index in [4.69, 9.17) is 4.74 Å². The van der Waals surface area contributed by atoms with Gasteiger partial charge in [0.1, 0.15) is 0 Å². The second-order valence-corrected chi connectivity index (χ2v) is 7.06. The Morgan fingerprint density at radius 2 is 1.90 bits per heavy atom. The summed E-state index contributed by atoms with van der Waals surface area (Å²) in [6, 6.07) is 0.893. The molecule has 4 unspecified atom stereocenters. The van der Waals surface area contributed by atoms with E-state index in [1.54, 1.807) is 0 Å². The van der Waals surface area contributed by atoms with Gasteiger partial charge >= 0.3 is 0 Å². The van der Waals surface area contributed by atoms with Crippen LogP contribution in [0.3, 0.4) is 0 Å². The Morgan fingerprint density at radius 1 is 1.05 bits per heavy atom. The average Bonchev–Trinajstić information content (AvgIpc) is 3.09. The van der Waals surface area contributed by atoms with Crippen LogP contribution in [0, 0.1) is 5.92 Å². The van der Waals surface area contributed by atoms with E-state index in [0.29, 0.717) is 12.2 Å². The summed E-state index contributed by atoms with van der Waals surface area (Å²) in [5.74, 6) is 1.01. The van der Waals surface area contributed by atoms with Crippen molar-refractivity contribution in [2.45, 2.75) is 76.5 Å². The molecule has 0 aromatic rings. The molecule has 1 saturated carbocycles. The first kappa shape index (κ1) is 14.8. The van der Waals surface area contributed by atoms with Crippen molar-refractivity contribution in [3.8, 4) is 0 Å². The molecule has 0 amide bonds. The van der Waals surface area contributed by atoms with Crippen LogP contribution in [0.2, 0.25) is 0 Å². The summed E-state index contributed by atoms with van der Waals surface area (Å²) in [4.78, 5) is 2.77. The number of piperidine rings is 1. The quantitative estimate of drug-likeness (QED) is 0.757. The molecule has 1 aliphatic carbocycles. The fourth-order valence-corrected chi connectivity index (χ4v) is 4.55. The molecule has 0 spiro atoms. The summed E-state index contributed by atoms with van der Waals surface area (Å²) in [6.07, 6.45) is 12.0. The van der Waals surface area contributed by atoms with Gasteiger partial charge in [-0.25, -0.2) is 0 Å². The summed E-state index contributed by atoms with van der Waals surface area (Å²) < 4.78 is 6.26. The maximum Gasteiger partial charge on any atom is 0.0707 e. The van der Waals surface area contributed by atoms with Crippen molar-refractivity contribution < 1.29 is 4.74 Å². The van der Waals surface area contributed by atoms with Gasteiger partial charge in [0.2, 0.25) is 0 Å². The van der Waals surface area contributed by atoms with E-state index in [1.807, 2.05) is 0 Å². The molecule has 3 nitrogen and oxygen atoms in total. The molecular formula is C17H32N2O. The number of likely N-dealkylation sites (tertiary alicyclic amines) is 1. The molecular weight excluding hydrogens is 248 g/mol. The van der Waals surface area contributed by atoms with Crippen molar-refractivity contribution in [2.75, 3.05) is 26.2 Å². The van der Waals surface area contributed by atoms with Gasteiger partial charge in [0, 0.05) is 19.1 Å². The molecule has 0 aromatic heterocycles. The SMILES string of the molecule is CCCNCC1CCC(CN2CCCC3CCCC32)O1. The second-order valence-electron chi connectivity index (χ2n) is 7.06. The first-order valence-electron chi connectivity index (χ1n) is 8.97. The maximum atomic E-state index is 6.26. The molecule has 3 aliphatic rings. The smallest absolute Gasteiger partial charge is 0.0707 e. The minimum atomic E-state index is 0.468. The highest BCUT2D eigenvalue weighted by Gasteiger charge is 2.37. The fraction of sp³-hybridized carbons (Fsp3) is 1.00. The zero-order chi connectivity index (χ0) is 13.8. The van der Waals surface area contributed by atoms with Crippen LogP contribution in [-0.2, 0) is 4.74 Å². The molecule has 3 fully saturated rings. The standard InChI is InChI=1S/C17H32N2O/c1-2-10-18-12-15-8-9-16(20-15)13-19-11-4-6-14-5-3-7-17(14)19/h14-18H,2-13H2,1H3. The van der Waals surface area contributed by atoms with Gasteiger partial charge in [-0.3, -0.25) is 4.90 Å². The Morgan fingerprint density at radius 3 is 2.80 bits per heavy atom. The number of nitrogens with zero attached hydrogens (tertiary/aromatic N) is 1. The monoisotopic (exact) mass is 280 g/mol. The van der Waals surface area contributed by atoms with Crippen molar-refractivity contribution >= 4 is 0 Å². The highest BCUT2D eigenvalue weighted by Crippen LogP contribution is 2.37. The van der Waals surface area contributed by atoms with E-state index in [1.165, 1.54) is 64.5 Å². The Balaban J connectivity index is 1.42. The van der Waals surface area contributed by atoms with Gasteiger partial charge in [0.05, 0.1) is 12.2 Å². The van der Waals surface area contributed by atoms with Gasteiger partial charge in [-0.2, -0.15) is 0 Å². The Kier molecular flexibility index (Phi) is 5.36. The minimum absolute atomic E-state index is 0.468. The van der Waals surface area contributed by atoms with Crippen molar-refractivity contribution in [1.82, 2.24) is 10.2 Å². The molecule has 2 aliphatic heterocycles. The molecule has 3 rings (SSSR count). The fourth-order valence-electron chi connectivity index (χ4n) is 4.55. The molecule has 2 saturated heterocycles. The predicted molar refractivity (Wildman–Crippen MR) is 83.0 cm³/mol. The molecule has 116 valence electrons. The Hall–Kier alpha value is -0.120. The third-order valence-electron chi connectivity index (χ3n) is 5.54. The van der Waals surface area contributed by atoms with Gasteiger partial charge < -0.3 is 10.1 Å². The number of ether oxygens (including phenoxy) is 1. The second kappa shape index (κ2) is 7.24. The van der Waals surface area contributed by atoms with Crippen LogP contribution in [0.25, 0.3) is 0 Å². The lowest BCUT2D eigenvalue weighted by molar-refractivity contribution is 0.00122. The molecule has 0 radical (unpaired) electrons. The maximum absolute atomic E-state index is 6.26. The van der Waals surface area contributed by atoms with E-state index in [0.717, 1.165) is 25.0 Å². The molecule has 0 bridgehead atoms. The van der Waals surface area contributed by atoms with Gasteiger partial charge in [0.25, 0.3) is 0 Å². The summed E-state index contributed by atoms with van der Waals surface area (Å²) in [5.41, 5.74) is 0. The Bertz CT molecular complexity index is 297. The van der Waals surface area contributed by atoms with Crippen LogP contribution < -0.4 is 5.32 Å². The van der Waals surface area contributed by atoms with Crippen LogP contribution >= 0.6 is 0 Å². The lowest BCUT2D eigenvalue weighted by Gasteiger charge is -2.39. The summed E-state index contributed by atoms with van der Waals surface area (Å²) in [5, 5.41) is 3.50. The number of hydrogen-bond donors (Lipinski definition) is 1. The summed E-state index contributed by atoms with van der Waals surface area (Å²) in [7, 11) is 0. The van der Waals surface area contributed by atoms with Gasteiger partial charge in [-0.15, -0.1) is 0 Å². The van der Waals surface area contributed by atoms with Crippen LogP contribution in [0.4, 0.5) is 0 Å². The number of hydrogen-bond acceptors (Lipinski definition) is 3. The number of rotatable bonds is 6. The van der Waals surface area contributed by atoms with Gasteiger partial charge in [-0.05, 0) is 64.0 Å². The van der Waals surface area contributed by atoms with Gasteiger partial charge in [0.15, 0.2) is 0 Å².